The minimum atomic E-state index is -0.242. The molecule has 0 spiro atoms. The summed E-state index contributed by atoms with van der Waals surface area (Å²) in [4.78, 5) is 16.7. The van der Waals surface area contributed by atoms with Crippen molar-refractivity contribution < 1.29 is 9.53 Å². The molecule has 5 nitrogen and oxygen atoms in total. The predicted molar refractivity (Wildman–Crippen MR) is 89.1 cm³/mol. The van der Waals surface area contributed by atoms with E-state index in [-0.39, 0.29) is 17.2 Å². The lowest BCUT2D eigenvalue weighted by Gasteiger charge is -2.46. The highest BCUT2D eigenvalue weighted by Gasteiger charge is 2.38. The van der Waals surface area contributed by atoms with E-state index in [1.807, 2.05) is 18.7 Å². The van der Waals surface area contributed by atoms with Crippen LogP contribution in [0.5, 0.6) is 0 Å². The first-order valence-electron chi connectivity index (χ1n) is 8.58. The number of carbonyl (C=O) groups excluding carboxylic acids is 1. The Hall–Kier alpha value is -0.810. The van der Waals surface area contributed by atoms with Crippen LogP contribution in [0.1, 0.15) is 46.5 Å². The molecule has 1 N–H and O–H groups in total. The number of likely N-dealkylation sites (N-methyl/N-ethyl adjacent to an activating group) is 1. The van der Waals surface area contributed by atoms with Gasteiger partial charge in [-0.2, -0.15) is 0 Å². The lowest BCUT2D eigenvalue weighted by molar-refractivity contribution is -0.0736. The lowest BCUT2D eigenvalue weighted by atomic mass is 9.75. The fourth-order valence-electron chi connectivity index (χ4n) is 3.90. The van der Waals surface area contributed by atoms with Crippen molar-refractivity contribution in [2.75, 3.05) is 40.3 Å². The predicted octanol–water partition coefficient (Wildman–Crippen LogP) is 2.32. The molecular weight excluding hydrogens is 278 g/mol. The number of amides is 2. The molecule has 2 fully saturated rings. The standard InChI is InChI=1S/C17H33N3O2/c1-14-7-6-8-17(11-14,19(4)5)12-18-15(21)20-9-10-22-16(2,3)13-20/h14H,6-13H2,1-5H3,(H,18,21)/t14-,17+/m0/s1. The van der Waals surface area contributed by atoms with Gasteiger partial charge in [-0.15, -0.1) is 0 Å². The van der Waals surface area contributed by atoms with Crippen molar-refractivity contribution >= 4 is 6.03 Å². The van der Waals surface area contributed by atoms with Crippen molar-refractivity contribution in [3.05, 3.63) is 0 Å². The molecular formula is C17H33N3O2. The summed E-state index contributed by atoms with van der Waals surface area (Å²) in [5.41, 5.74) is -0.136. The van der Waals surface area contributed by atoms with Gasteiger partial charge in [0, 0.05) is 18.6 Å². The Bertz CT molecular complexity index is 397. The molecule has 2 amide bonds. The third-order valence-electron chi connectivity index (χ3n) is 5.30. The SMILES string of the molecule is C[C@H]1CCC[C@@](CNC(=O)N2CCOC(C)(C)C2)(N(C)C)C1. The Morgan fingerprint density at radius 2 is 2.14 bits per heavy atom. The number of urea groups is 1. The Morgan fingerprint density at radius 3 is 2.73 bits per heavy atom. The van der Waals surface area contributed by atoms with E-state index in [1.54, 1.807) is 0 Å². The zero-order valence-corrected chi connectivity index (χ0v) is 14.9. The second kappa shape index (κ2) is 6.75. The van der Waals surface area contributed by atoms with E-state index < -0.39 is 0 Å². The number of hydrogen-bond acceptors (Lipinski definition) is 3. The Kier molecular flexibility index (Phi) is 5.38. The monoisotopic (exact) mass is 311 g/mol. The highest BCUT2D eigenvalue weighted by atomic mass is 16.5. The number of ether oxygens (including phenoxy) is 1. The maximum Gasteiger partial charge on any atom is 0.317 e. The first kappa shape index (κ1) is 17.5. The van der Waals surface area contributed by atoms with Crippen molar-refractivity contribution in [1.82, 2.24) is 15.1 Å². The molecule has 2 atom stereocenters. The third kappa shape index (κ3) is 4.13. The second-order valence-corrected chi connectivity index (χ2v) is 8.01. The van der Waals surface area contributed by atoms with E-state index >= 15 is 0 Å². The molecule has 1 saturated heterocycles. The van der Waals surface area contributed by atoms with Gasteiger partial charge in [0.1, 0.15) is 0 Å². The van der Waals surface area contributed by atoms with Crippen molar-refractivity contribution in [3.8, 4) is 0 Å². The lowest BCUT2D eigenvalue weighted by Crippen LogP contribution is -2.59. The molecule has 0 unspecified atom stereocenters. The topological polar surface area (TPSA) is 44.8 Å². The van der Waals surface area contributed by atoms with Gasteiger partial charge in [0.05, 0.1) is 18.8 Å². The highest BCUT2D eigenvalue weighted by Crippen LogP contribution is 2.35. The van der Waals surface area contributed by atoms with Gasteiger partial charge in [-0.1, -0.05) is 19.8 Å². The minimum absolute atomic E-state index is 0.0517. The van der Waals surface area contributed by atoms with Gasteiger partial charge >= 0.3 is 6.03 Å². The number of nitrogens with zero attached hydrogens (tertiary/aromatic N) is 2. The molecule has 0 radical (unpaired) electrons. The molecule has 0 aromatic heterocycles. The molecule has 2 rings (SSSR count). The van der Waals surface area contributed by atoms with Crippen LogP contribution in [0.15, 0.2) is 0 Å². The fraction of sp³-hybridized carbons (Fsp3) is 0.941. The number of carbonyl (C=O) groups is 1. The average Bonchev–Trinajstić information content (AvgIpc) is 2.43. The second-order valence-electron chi connectivity index (χ2n) is 8.01. The van der Waals surface area contributed by atoms with Crippen LogP contribution in [0.25, 0.3) is 0 Å². The van der Waals surface area contributed by atoms with Crippen LogP contribution in [0.2, 0.25) is 0 Å². The first-order valence-corrected chi connectivity index (χ1v) is 8.58. The molecule has 0 aromatic rings. The van der Waals surface area contributed by atoms with Crippen LogP contribution in [0.3, 0.4) is 0 Å². The van der Waals surface area contributed by atoms with Gasteiger partial charge in [-0.25, -0.2) is 4.79 Å². The van der Waals surface area contributed by atoms with Gasteiger partial charge < -0.3 is 19.9 Å². The van der Waals surface area contributed by atoms with E-state index in [0.29, 0.717) is 19.7 Å². The van der Waals surface area contributed by atoms with Crippen LogP contribution in [-0.2, 0) is 4.74 Å². The number of rotatable bonds is 3. The molecule has 128 valence electrons. The van der Waals surface area contributed by atoms with Crippen molar-refractivity contribution in [3.63, 3.8) is 0 Å². The molecule has 0 aromatic carbocycles. The van der Waals surface area contributed by atoms with Gasteiger partial charge in [0.25, 0.3) is 0 Å². The molecule has 1 heterocycles. The van der Waals surface area contributed by atoms with Crippen LogP contribution in [0, 0.1) is 5.92 Å². The quantitative estimate of drug-likeness (QED) is 0.870. The molecule has 22 heavy (non-hydrogen) atoms. The number of hydrogen-bond donors (Lipinski definition) is 1. The molecule has 1 aliphatic heterocycles. The van der Waals surface area contributed by atoms with Gasteiger partial charge in [-0.05, 0) is 46.7 Å². The summed E-state index contributed by atoms with van der Waals surface area (Å²) in [7, 11) is 4.28. The summed E-state index contributed by atoms with van der Waals surface area (Å²) in [6.45, 7) is 9.10. The Morgan fingerprint density at radius 1 is 1.41 bits per heavy atom. The number of morpholine rings is 1. The summed E-state index contributed by atoms with van der Waals surface area (Å²) in [6.07, 6.45) is 4.88. The number of nitrogens with one attached hydrogen (secondary N) is 1. The smallest absolute Gasteiger partial charge is 0.317 e. The molecule has 2 aliphatic rings. The summed E-state index contributed by atoms with van der Waals surface area (Å²) >= 11 is 0. The van der Waals surface area contributed by atoms with Gasteiger partial charge in [-0.3, -0.25) is 0 Å². The maximum absolute atomic E-state index is 12.5. The van der Waals surface area contributed by atoms with E-state index in [4.69, 9.17) is 4.74 Å². The summed E-state index contributed by atoms with van der Waals surface area (Å²) in [5, 5.41) is 3.19. The van der Waals surface area contributed by atoms with E-state index in [0.717, 1.165) is 18.9 Å². The van der Waals surface area contributed by atoms with Gasteiger partial charge in [0.2, 0.25) is 0 Å². The minimum Gasteiger partial charge on any atom is -0.372 e. The first-order chi connectivity index (χ1) is 10.2. The van der Waals surface area contributed by atoms with Crippen LogP contribution >= 0.6 is 0 Å². The van der Waals surface area contributed by atoms with E-state index in [2.05, 4.69) is 31.2 Å². The zero-order valence-electron chi connectivity index (χ0n) is 14.9. The Balaban J connectivity index is 1.93. The highest BCUT2D eigenvalue weighted by molar-refractivity contribution is 5.74. The van der Waals surface area contributed by atoms with E-state index in [1.165, 1.54) is 19.3 Å². The molecule has 1 aliphatic carbocycles. The Labute approximate surface area is 135 Å². The fourth-order valence-corrected chi connectivity index (χ4v) is 3.90. The van der Waals surface area contributed by atoms with Crippen molar-refractivity contribution in [2.24, 2.45) is 5.92 Å². The average molecular weight is 311 g/mol. The van der Waals surface area contributed by atoms with E-state index in [9.17, 15) is 4.79 Å². The van der Waals surface area contributed by atoms with Gasteiger partial charge in [0.15, 0.2) is 0 Å². The molecule has 5 heteroatoms. The van der Waals surface area contributed by atoms with Crippen LogP contribution in [-0.4, -0.2) is 67.3 Å². The normalized spacial score (nSPS) is 32.1. The molecule has 1 saturated carbocycles. The summed E-state index contributed by atoms with van der Waals surface area (Å²) < 4.78 is 5.68. The van der Waals surface area contributed by atoms with Crippen molar-refractivity contribution in [2.45, 2.75) is 57.6 Å². The molecule has 0 bridgehead atoms. The largest absolute Gasteiger partial charge is 0.372 e. The zero-order chi connectivity index (χ0) is 16.4. The van der Waals surface area contributed by atoms with Crippen LogP contribution in [0.4, 0.5) is 4.79 Å². The summed E-state index contributed by atoms with van der Waals surface area (Å²) in [5.74, 6) is 0.732. The van der Waals surface area contributed by atoms with Crippen LogP contribution < -0.4 is 5.32 Å². The summed E-state index contributed by atoms with van der Waals surface area (Å²) in [6, 6.07) is 0.0517. The third-order valence-corrected chi connectivity index (χ3v) is 5.30. The van der Waals surface area contributed by atoms with Crippen molar-refractivity contribution in [1.29, 1.82) is 0 Å². The maximum atomic E-state index is 12.5.